The summed E-state index contributed by atoms with van der Waals surface area (Å²) < 4.78 is 5.97. The Labute approximate surface area is 167 Å². The monoisotopic (exact) mass is 439 g/mol. The van der Waals surface area contributed by atoms with E-state index in [1.165, 1.54) is 0 Å². The lowest BCUT2D eigenvalue weighted by atomic mass is 10.0. The predicted octanol–water partition coefficient (Wildman–Crippen LogP) is 2.69. The lowest BCUT2D eigenvalue weighted by molar-refractivity contribution is -0.131. The van der Waals surface area contributed by atoms with Crippen LogP contribution in [0.5, 0.6) is 0 Å². The number of carbonyl (C=O) groups excluding carboxylic acids is 3. The van der Waals surface area contributed by atoms with Crippen molar-refractivity contribution in [2.24, 2.45) is 0 Å². The maximum atomic E-state index is 12.3. The Bertz CT molecular complexity index is 694. The van der Waals surface area contributed by atoms with Crippen LogP contribution in [0.15, 0.2) is 28.7 Å². The zero-order chi connectivity index (χ0) is 20.0. The zero-order valence-electron chi connectivity index (χ0n) is 15.9. The lowest BCUT2D eigenvalue weighted by Gasteiger charge is -2.32. The van der Waals surface area contributed by atoms with Crippen LogP contribution in [0, 0.1) is 0 Å². The average molecular weight is 440 g/mol. The van der Waals surface area contributed by atoms with E-state index in [4.69, 9.17) is 4.74 Å². The molecule has 0 saturated carbocycles. The third kappa shape index (κ3) is 7.21. The van der Waals surface area contributed by atoms with Crippen LogP contribution in [0.4, 0.5) is 4.79 Å². The Kier molecular flexibility index (Phi) is 7.24. The van der Waals surface area contributed by atoms with Crippen LogP contribution in [-0.4, -0.2) is 54.1 Å². The van der Waals surface area contributed by atoms with Gasteiger partial charge in [-0.2, -0.15) is 0 Å². The summed E-state index contributed by atoms with van der Waals surface area (Å²) in [5.74, 6) is -0.273. The third-order valence-corrected chi connectivity index (χ3v) is 4.55. The molecule has 0 radical (unpaired) electrons. The van der Waals surface area contributed by atoms with E-state index >= 15 is 0 Å². The van der Waals surface area contributed by atoms with Gasteiger partial charge in [0.05, 0.1) is 0 Å². The van der Waals surface area contributed by atoms with Crippen molar-refractivity contribution in [1.82, 2.24) is 15.5 Å². The molecule has 0 unspecified atom stereocenters. The van der Waals surface area contributed by atoms with Gasteiger partial charge in [0.2, 0.25) is 5.91 Å². The quantitative estimate of drug-likeness (QED) is 0.754. The van der Waals surface area contributed by atoms with Gasteiger partial charge in [-0.1, -0.05) is 22.0 Å². The standard InChI is InChI=1S/C19H26BrN3O4/c1-19(2,3)27-18(26)21-12-16(24)23-9-7-15(8-10-23)22-17(25)13-5-4-6-14(20)11-13/h4-6,11,15H,7-10,12H2,1-3H3,(H,21,26)(H,22,25). The largest absolute Gasteiger partial charge is 0.444 e. The number of halogens is 1. The van der Waals surface area contributed by atoms with Crippen LogP contribution < -0.4 is 10.6 Å². The molecular weight excluding hydrogens is 414 g/mol. The fourth-order valence-corrected chi connectivity index (χ4v) is 3.14. The van der Waals surface area contributed by atoms with E-state index in [9.17, 15) is 14.4 Å². The van der Waals surface area contributed by atoms with E-state index in [1.807, 2.05) is 12.1 Å². The summed E-state index contributed by atoms with van der Waals surface area (Å²) in [7, 11) is 0. The van der Waals surface area contributed by atoms with Crippen molar-refractivity contribution in [2.45, 2.75) is 45.3 Å². The summed E-state index contributed by atoms with van der Waals surface area (Å²) in [6, 6.07) is 7.25. The van der Waals surface area contributed by atoms with E-state index in [0.717, 1.165) is 4.47 Å². The number of nitrogens with one attached hydrogen (secondary N) is 2. The molecule has 3 amide bonds. The minimum Gasteiger partial charge on any atom is -0.444 e. The van der Waals surface area contributed by atoms with Crippen molar-refractivity contribution in [3.63, 3.8) is 0 Å². The van der Waals surface area contributed by atoms with Gasteiger partial charge in [-0.3, -0.25) is 9.59 Å². The summed E-state index contributed by atoms with van der Waals surface area (Å²) >= 11 is 3.36. The number of piperidine rings is 1. The number of amides is 3. The highest BCUT2D eigenvalue weighted by atomic mass is 79.9. The molecule has 1 saturated heterocycles. The third-order valence-electron chi connectivity index (χ3n) is 4.05. The highest BCUT2D eigenvalue weighted by Crippen LogP contribution is 2.14. The van der Waals surface area contributed by atoms with E-state index < -0.39 is 11.7 Å². The van der Waals surface area contributed by atoms with Crippen LogP contribution in [0.3, 0.4) is 0 Å². The first-order valence-corrected chi connectivity index (χ1v) is 9.74. The van der Waals surface area contributed by atoms with Crippen molar-refractivity contribution in [2.75, 3.05) is 19.6 Å². The van der Waals surface area contributed by atoms with Gasteiger partial charge in [-0.05, 0) is 51.8 Å². The molecule has 0 atom stereocenters. The number of carbonyl (C=O) groups is 3. The number of nitrogens with zero attached hydrogens (tertiary/aromatic N) is 1. The first kappa shape index (κ1) is 21.2. The lowest BCUT2D eigenvalue weighted by Crippen LogP contribution is -2.49. The summed E-state index contributed by atoms with van der Waals surface area (Å²) in [4.78, 5) is 37.8. The van der Waals surface area contributed by atoms with Crippen LogP contribution in [0.25, 0.3) is 0 Å². The molecule has 1 aromatic rings. The number of hydrogen-bond donors (Lipinski definition) is 2. The van der Waals surface area contributed by atoms with Gasteiger partial charge in [0.15, 0.2) is 0 Å². The molecular formula is C19H26BrN3O4. The predicted molar refractivity (Wildman–Crippen MR) is 105 cm³/mol. The van der Waals surface area contributed by atoms with Crippen molar-refractivity contribution in [3.05, 3.63) is 34.3 Å². The normalized spacial score (nSPS) is 15.2. The second-order valence-electron chi connectivity index (χ2n) is 7.49. The summed E-state index contributed by atoms with van der Waals surface area (Å²) in [6.07, 6.45) is 0.752. The average Bonchev–Trinajstić information content (AvgIpc) is 2.59. The van der Waals surface area contributed by atoms with Gasteiger partial charge in [-0.25, -0.2) is 4.79 Å². The molecule has 0 aliphatic carbocycles. The topological polar surface area (TPSA) is 87.7 Å². The second kappa shape index (κ2) is 9.21. The summed E-state index contributed by atoms with van der Waals surface area (Å²) in [6.45, 7) is 6.28. The molecule has 2 rings (SSSR count). The Morgan fingerprint density at radius 1 is 1.22 bits per heavy atom. The molecule has 1 aromatic carbocycles. The first-order valence-electron chi connectivity index (χ1n) is 8.95. The van der Waals surface area contributed by atoms with Crippen molar-refractivity contribution < 1.29 is 19.1 Å². The zero-order valence-corrected chi connectivity index (χ0v) is 17.5. The molecule has 2 N–H and O–H groups in total. The summed E-state index contributed by atoms with van der Waals surface area (Å²) in [5, 5.41) is 5.49. The Balaban J connectivity index is 1.74. The molecule has 1 fully saturated rings. The van der Waals surface area contributed by atoms with Crippen molar-refractivity contribution in [1.29, 1.82) is 0 Å². The van der Waals surface area contributed by atoms with Gasteiger partial charge in [0.25, 0.3) is 5.91 Å². The van der Waals surface area contributed by atoms with E-state index in [1.54, 1.807) is 37.8 Å². The SMILES string of the molecule is CC(C)(C)OC(=O)NCC(=O)N1CCC(NC(=O)c2cccc(Br)c2)CC1. The number of hydrogen-bond acceptors (Lipinski definition) is 4. The molecule has 0 spiro atoms. The van der Waals surface area contributed by atoms with Gasteiger partial charge >= 0.3 is 6.09 Å². The molecule has 1 heterocycles. The van der Waals surface area contributed by atoms with E-state index in [2.05, 4.69) is 26.6 Å². The Morgan fingerprint density at radius 3 is 2.48 bits per heavy atom. The summed E-state index contributed by atoms with van der Waals surface area (Å²) in [5.41, 5.74) is 0.00215. The van der Waals surface area contributed by atoms with E-state index in [0.29, 0.717) is 31.5 Å². The smallest absolute Gasteiger partial charge is 0.408 e. The fraction of sp³-hybridized carbons (Fsp3) is 0.526. The van der Waals surface area contributed by atoms with Crippen LogP contribution >= 0.6 is 15.9 Å². The molecule has 8 heteroatoms. The Morgan fingerprint density at radius 2 is 1.89 bits per heavy atom. The van der Waals surface area contributed by atoms with Crippen LogP contribution in [-0.2, 0) is 9.53 Å². The molecule has 27 heavy (non-hydrogen) atoms. The molecule has 1 aliphatic heterocycles. The van der Waals surface area contributed by atoms with Crippen LogP contribution in [0.2, 0.25) is 0 Å². The number of rotatable bonds is 4. The van der Waals surface area contributed by atoms with Crippen LogP contribution in [0.1, 0.15) is 44.0 Å². The number of ether oxygens (including phenoxy) is 1. The minimum absolute atomic E-state index is 0.0272. The van der Waals surface area contributed by atoms with Gasteiger partial charge in [-0.15, -0.1) is 0 Å². The molecule has 0 aromatic heterocycles. The second-order valence-corrected chi connectivity index (χ2v) is 8.41. The fourth-order valence-electron chi connectivity index (χ4n) is 2.75. The highest BCUT2D eigenvalue weighted by molar-refractivity contribution is 9.10. The van der Waals surface area contributed by atoms with E-state index in [-0.39, 0.29) is 24.4 Å². The Hall–Kier alpha value is -2.09. The molecule has 1 aliphatic rings. The molecule has 7 nitrogen and oxygen atoms in total. The molecule has 148 valence electrons. The van der Waals surface area contributed by atoms with Crippen molar-refractivity contribution >= 4 is 33.8 Å². The van der Waals surface area contributed by atoms with Gasteiger partial charge in [0, 0.05) is 29.2 Å². The number of likely N-dealkylation sites (tertiary alicyclic amines) is 1. The molecule has 0 bridgehead atoms. The maximum absolute atomic E-state index is 12.3. The van der Waals surface area contributed by atoms with Gasteiger partial charge < -0.3 is 20.3 Å². The highest BCUT2D eigenvalue weighted by Gasteiger charge is 2.25. The maximum Gasteiger partial charge on any atom is 0.408 e. The first-order chi connectivity index (χ1) is 12.6. The number of benzene rings is 1. The van der Waals surface area contributed by atoms with Gasteiger partial charge in [0.1, 0.15) is 12.1 Å². The number of alkyl carbamates (subject to hydrolysis) is 1. The van der Waals surface area contributed by atoms with Crippen molar-refractivity contribution in [3.8, 4) is 0 Å². The minimum atomic E-state index is -0.605.